The van der Waals surface area contributed by atoms with E-state index in [1.165, 1.54) is 12.1 Å². The Morgan fingerprint density at radius 2 is 1.85 bits per heavy atom. The number of urea groups is 1. The molecule has 0 aliphatic carbocycles. The molecular weight excluding hydrogens is 455 g/mol. The molecule has 8 heteroatoms. The summed E-state index contributed by atoms with van der Waals surface area (Å²) in [6, 6.07) is 11.2. The summed E-state index contributed by atoms with van der Waals surface area (Å²) in [4.78, 5) is 20.0. The minimum Gasteiger partial charge on any atom is -0.507 e. The zero-order valence-corrected chi connectivity index (χ0v) is 19.4. The van der Waals surface area contributed by atoms with Crippen molar-refractivity contribution in [2.75, 3.05) is 38.1 Å². The van der Waals surface area contributed by atoms with Gasteiger partial charge in [-0.05, 0) is 66.1 Å². The zero-order valence-electron chi connectivity index (χ0n) is 18.7. The Morgan fingerprint density at radius 3 is 2.50 bits per heavy atom. The highest BCUT2D eigenvalue weighted by Gasteiger charge is 2.28. The van der Waals surface area contributed by atoms with Gasteiger partial charge in [-0.25, -0.2) is 9.18 Å². The number of nitrogens with one attached hydrogen (secondary N) is 1. The molecule has 0 saturated carbocycles. The number of carbonyl (C=O) groups excluding carboxylic acids is 1. The Kier molecular flexibility index (Phi) is 5.98. The maximum absolute atomic E-state index is 14.7. The Morgan fingerprint density at radius 1 is 1.09 bits per heavy atom. The second kappa shape index (κ2) is 9.08. The Bertz CT molecular complexity index is 1310. The number of phenolic OH excluding ortho intramolecular Hbond substituents is 1. The van der Waals surface area contributed by atoms with E-state index in [4.69, 9.17) is 11.6 Å². The average Bonchev–Trinajstić information content (AvgIpc) is 3.18. The van der Waals surface area contributed by atoms with Crippen LogP contribution in [0, 0.1) is 5.82 Å². The molecule has 2 aromatic carbocycles. The van der Waals surface area contributed by atoms with Crippen molar-refractivity contribution in [2.45, 2.75) is 6.42 Å². The summed E-state index contributed by atoms with van der Waals surface area (Å²) >= 11 is 6.52. The van der Waals surface area contributed by atoms with Crippen LogP contribution in [-0.2, 0) is 0 Å². The van der Waals surface area contributed by atoms with Crippen LogP contribution in [0.15, 0.2) is 54.7 Å². The van der Waals surface area contributed by atoms with Crippen LogP contribution in [0.5, 0.6) is 5.75 Å². The topological polar surface area (TPSA) is 68.7 Å². The van der Waals surface area contributed by atoms with E-state index in [9.17, 15) is 14.3 Å². The minimum atomic E-state index is -0.473. The van der Waals surface area contributed by atoms with Gasteiger partial charge in [-0.1, -0.05) is 23.7 Å². The third-order valence-electron chi connectivity index (χ3n) is 6.30. The Hall–Kier alpha value is -3.42. The van der Waals surface area contributed by atoms with Gasteiger partial charge in [0.2, 0.25) is 0 Å². The predicted molar refractivity (Wildman–Crippen MR) is 133 cm³/mol. The van der Waals surface area contributed by atoms with Gasteiger partial charge in [-0.15, -0.1) is 0 Å². The summed E-state index contributed by atoms with van der Waals surface area (Å²) in [5, 5.41) is 14.8. The number of hydrogen-bond donors (Lipinski definition) is 2. The first-order chi connectivity index (χ1) is 16.4. The number of pyridine rings is 1. The van der Waals surface area contributed by atoms with Crippen LogP contribution in [0.2, 0.25) is 5.02 Å². The van der Waals surface area contributed by atoms with Crippen LogP contribution >= 0.6 is 11.6 Å². The maximum Gasteiger partial charge on any atom is 0.324 e. The number of halogens is 2. The normalized spacial score (nSPS) is 16.2. The van der Waals surface area contributed by atoms with Gasteiger partial charge in [0.25, 0.3) is 0 Å². The van der Waals surface area contributed by atoms with Gasteiger partial charge in [0, 0.05) is 44.0 Å². The SMILES string of the molecule is CN1CCN(c2ccc(-c3cc(F)cc(-c4ccnc(C5=CCNCC5)c4)c3O)cc2Cl)C1=O. The summed E-state index contributed by atoms with van der Waals surface area (Å²) in [5.74, 6) is -0.516. The van der Waals surface area contributed by atoms with Crippen molar-refractivity contribution >= 4 is 28.9 Å². The predicted octanol–water partition coefficient (Wildman–Crippen LogP) is 5.16. The van der Waals surface area contributed by atoms with Crippen molar-refractivity contribution in [2.24, 2.45) is 0 Å². The molecule has 3 heterocycles. The quantitative estimate of drug-likeness (QED) is 0.543. The minimum absolute atomic E-state index is 0.0429. The number of aromatic nitrogens is 1. The second-order valence-electron chi connectivity index (χ2n) is 8.48. The lowest BCUT2D eigenvalue weighted by molar-refractivity contribution is 0.229. The van der Waals surface area contributed by atoms with Crippen molar-refractivity contribution in [3.8, 4) is 28.0 Å². The molecule has 0 unspecified atom stereocenters. The smallest absolute Gasteiger partial charge is 0.324 e. The van der Waals surface area contributed by atoms with Gasteiger partial charge < -0.3 is 15.3 Å². The molecule has 174 valence electrons. The third-order valence-corrected chi connectivity index (χ3v) is 6.61. The molecule has 2 N–H and O–H groups in total. The summed E-state index contributed by atoms with van der Waals surface area (Å²) in [7, 11) is 1.74. The van der Waals surface area contributed by atoms with Crippen LogP contribution in [0.4, 0.5) is 14.9 Å². The number of rotatable bonds is 4. The number of anilines is 1. The van der Waals surface area contributed by atoms with E-state index >= 15 is 0 Å². The monoisotopic (exact) mass is 478 g/mol. The molecule has 0 bridgehead atoms. The van der Waals surface area contributed by atoms with Crippen molar-refractivity contribution in [3.05, 3.63) is 71.3 Å². The van der Waals surface area contributed by atoms with Crippen LogP contribution in [-0.4, -0.2) is 54.2 Å². The van der Waals surface area contributed by atoms with Gasteiger partial charge in [0.15, 0.2) is 0 Å². The van der Waals surface area contributed by atoms with Crippen molar-refractivity contribution in [3.63, 3.8) is 0 Å². The van der Waals surface area contributed by atoms with Crippen molar-refractivity contribution < 1.29 is 14.3 Å². The van der Waals surface area contributed by atoms with E-state index in [1.54, 1.807) is 47.3 Å². The third kappa shape index (κ3) is 4.13. The first-order valence-corrected chi connectivity index (χ1v) is 11.5. The van der Waals surface area contributed by atoms with E-state index in [0.29, 0.717) is 46.1 Å². The molecular formula is C26H24ClFN4O2. The molecule has 0 atom stereocenters. The van der Waals surface area contributed by atoms with Gasteiger partial charge >= 0.3 is 6.03 Å². The van der Waals surface area contributed by atoms with Crippen LogP contribution < -0.4 is 10.2 Å². The standard InChI is InChI=1S/C26H24ClFN4O2/c1-31-10-11-32(26(31)34)24-3-2-17(12-22(24)27)20-14-19(28)15-21(25(20)33)18-6-9-30-23(13-18)16-4-7-29-8-5-16/h2-4,6,9,12-15,29,33H,5,7-8,10-11H2,1H3. The number of likely N-dealkylation sites (N-methyl/N-ethyl adjacent to an activating group) is 1. The van der Waals surface area contributed by atoms with Gasteiger partial charge in [-0.3, -0.25) is 9.88 Å². The molecule has 2 aliphatic heterocycles. The highest BCUT2D eigenvalue weighted by atomic mass is 35.5. The summed E-state index contributed by atoms with van der Waals surface area (Å²) in [6.45, 7) is 2.82. The Labute approximate surface area is 202 Å². The number of amides is 2. The molecule has 1 fully saturated rings. The summed E-state index contributed by atoms with van der Waals surface area (Å²) in [5.41, 5.74) is 4.47. The number of benzene rings is 2. The fraction of sp³-hybridized carbons (Fsp3) is 0.231. The van der Waals surface area contributed by atoms with Crippen molar-refractivity contribution in [1.29, 1.82) is 0 Å². The summed E-state index contributed by atoms with van der Waals surface area (Å²) < 4.78 is 14.7. The van der Waals surface area contributed by atoms with E-state index in [1.807, 2.05) is 6.07 Å². The number of phenols is 1. The number of hydrogen-bond acceptors (Lipinski definition) is 4. The molecule has 6 nitrogen and oxygen atoms in total. The van der Waals surface area contributed by atoms with E-state index in [0.717, 1.165) is 30.8 Å². The first-order valence-electron chi connectivity index (χ1n) is 11.1. The lowest BCUT2D eigenvalue weighted by Gasteiger charge is -2.19. The molecule has 5 rings (SSSR count). The van der Waals surface area contributed by atoms with Crippen LogP contribution in [0.1, 0.15) is 12.1 Å². The number of carbonyl (C=O) groups is 1. The summed E-state index contributed by atoms with van der Waals surface area (Å²) in [6.07, 6.45) is 4.63. The van der Waals surface area contributed by atoms with Gasteiger partial charge in [0.05, 0.1) is 16.4 Å². The fourth-order valence-electron chi connectivity index (χ4n) is 4.43. The van der Waals surface area contributed by atoms with Gasteiger partial charge in [0.1, 0.15) is 11.6 Å². The van der Waals surface area contributed by atoms with Gasteiger partial charge in [-0.2, -0.15) is 0 Å². The largest absolute Gasteiger partial charge is 0.507 e. The lowest BCUT2D eigenvalue weighted by atomic mass is 9.95. The number of nitrogens with zero attached hydrogens (tertiary/aromatic N) is 3. The molecule has 0 spiro atoms. The van der Waals surface area contributed by atoms with E-state index in [-0.39, 0.29) is 11.8 Å². The highest BCUT2D eigenvalue weighted by molar-refractivity contribution is 6.34. The van der Waals surface area contributed by atoms with E-state index < -0.39 is 5.82 Å². The molecule has 1 saturated heterocycles. The molecule has 34 heavy (non-hydrogen) atoms. The Balaban J connectivity index is 1.53. The zero-order chi connectivity index (χ0) is 23.8. The molecule has 2 aliphatic rings. The van der Waals surface area contributed by atoms with Crippen LogP contribution in [0.3, 0.4) is 0 Å². The van der Waals surface area contributed by atoms with E-state index in [2.05, 4.69) is 16.4 Å². The maximum atomic E-state index is 14.7. The molecule has 0 radical (unpaired) electrons. The highest BCUT2D eigenvalue weighted by Crippen LogP contribution is 2.41. The average molecular weight is 479 g/mol. The number of aromatic hydroxyl groups is 1. The second-order valence-corrected chi connectivity index (χ2v) is 8.89. The van der Waals surface area contributed by atoms with Crippen LogP contribution in [0.25, 0.3) is 27.8 Å². The molecule has 2 amide bonds. The molecule has 1 aromatic heterocycles. The first kappa shape index (κ1) is 22.4. The van der Waals surface area contributed by atoms with Crippen molar-refractivity contribution in [1.82, 2.24) is 15.2 Å². The fourth-order valence-corrected chi connectivity index (χ4v) is 4.71. The lowest BCUT2D eigenvalue weighted by Crippen LogP contribution is -2.29. The molecule has 3 aromatic rings.